The third kappa shape index (κ3) is 3.81. The molecule has 4 bridgehead atoms. The molecule has 5 aliphatic rings. The Kier molecular flexibility index (Phi) is 5.41. The lowest BCUT2D eigenvalue weighted by atomic mass is 9.49. The maximum Gasteiger partial charge on any atom is 0.329 e. The molecule has 4 aliphatic carbocycles. The molecule has 180 valence electrons. The molecule has 5 fully saturated rings. The monoisotopic (exact) mass is 485 g/mol. The Morgan fingerprint density at radius 2 is 1.79 bits per heavy atom. The molecule has 0 spiro atoms. The minimum Gasteiger partial charge on any atom is -0.456 e. The van der Waals surface area contributed by atoms with Crippen molar-refractivity contribution in [3.8, 4) is 11.5 Å². The number of aliphatic hydroxyl groups excluding tert-OH is 1. The maximum absolute atomic E-state index is 13.8. The van der Waals surface area contributed by atoms with Crippen LogP contribution >= 0.6 is 11.6 Å². The lowest BCUT2D eigenvalue weighted by Crippen LogP contribution is -2.56. The van der Waals surface area contributed by atoms with E-state index in [1.807, 2.05) is 6.07 Å². The van der Waals surface area contributed by atoms with Crippen molar-refractivity contribution in [1.82, 2.24) is 15.0 Å². The number of amides is 1. The Hall–Kier alpha value is -2.45. The summed E-state index contributed by atoms with van der Waals surface area (Å²) in [6.45, 7) is -0.00199. The third-order valence-electron chi connectivity index (χ3n) is 8.22. The molecule has 1 N–H and O–H groups in total. The number of carbonyl (C=O) groups excluding carboxylic acids is 2. The second-order valence-electron chi connectivity index (χ2n) is 10.7. The van der Waals surface area contributed by atoms with Crippen molar-refractivity contribution >= 4 is 23.5 Å². The van der Waals surface area contributed by atoms with Gasteiger partial charge >= 0.3 is 5.97 Å². The molecular formula is C25H28ClN3O5. The summed E-state index contributed by atoms with van der Waals surface area (Å²) in [5.41, 5.74) is 0.231. The van der Waals surface area contributed by atoms with E-state index in [4.69, 9.17) is 20.9 Å². The van der Waals surface area contributed by atoms with Crippen LogP contribution in [-0.2, 0) is 20.9 Å². The van der Waals surface area contributed by atoms with E-state index in [2.05, 4.69) is 10.1 Å². The Bertz CT molecular complexity index is 1080. The van der Waals surface area contributed by atoms with Gasteiger partial charge in [0.2, 0.25) is 11.7 Å². The molecule has 8 nitrogen and oxygen atoms in total. The van der Waals surface area contributed by atoms with Crippen molar-refractivity contribution in [3.63, 3.8) is 0 Å². The van der Waals surface area contributed by atoms with Crippen LogP contribution in [0.15, 0.2) is 28.8 Å². The molecule has 7 rings (SSSR count). The predicted octanol–water partition coefficient (Wildman–Crippen LogP) is 3.61. The van der Waals surface area contributed by atoms with E-state index in [9.17, 15) is 14.7 Å². The fourth-order valence-corrected chi connectivity index (χ4v) is 7.44. The average molecular weight is 486 g/mol. The summed E-state index contributed by atoms with van der Waals surface area (Å²) in [6.07, 6.45) is 5.92. The molecule has 34 heavy (non-hydrogen) atoms. The Labute approximate surface area is 202 Å². The van der Waals surface area contributed by atoms with Crippen molar-refractivity contribution in [3.05, 3.63) is 35.1 Å². The Morgan fingerprint density at radius 1 is 1.12 bits per heavy atom. The van der Waals surface area contributed by atoms with Crippen LogP contribution in [0.25, 0.3) is 11.5 Å². The highest BCUT2D eigenvalue weighted by molar-refractivity contribution is 6.33. The van der Waals surface area contributed by atoms with Crippen LogP contribution in [0, 0.1) is 23.2 Å². The summed E-state index contributed by atoms with van der Waals surface area (Å²) in [4.78, 5) is 32.6. The fraction of sp³-hybridized carbons (Fsp3) is 0.600. The zero-order valence-corrected chi connectivity index (χ0v) is 19.6. The number of aliphatic hydroxyl groups is 1. The summed E-state index contributed by atoms with van der Waals surface area (Å²) >= 11 is 6.18. The number of halogens is 1. The number of hydrogen-bond acceptors (Lipinski definition) is 7. The molecule has 0 radical (unpaired) electrons. The Balaban J connectivity index is 1.14. The highest BCUT2D eigenvalue weighted by atomic mass is 35.5. The molecule has 2 heterocycles. The first-order valence-corrected chi connectivity index (χ1v) is 12.5. The van der Waals surface area contributed by atoms with Crippen molar-refractivity contribution in [1.29, 1.82) is 0 Å². The van der Waals surface area contributed by atoms with Gasteiger partial charge in [-0.3, -0.25) is 4.79 Å². The first kappa shape index (κ1) is 22.0. The number of hydrogen-bond donors (Lipinski definition) is 1. The third-order valence-corrected chi connectivity index (χ3v) is 8.55. The molecular weight excluding hydrogens is 458 g/mol. The molecule has 1 aromatic heterocycles. The summed E-state index contributed by atoms with van der Waals surface area (Å²) < 4.78 is 10.7. The largest absolute Gasteiger partial charge is 0.456 e. The van der Waals surface area contributed by atoms with Crippen LogP contribution in [0.1, 0.15) is 50.8 Å². The quantitative estimate of drug-likeness (QED) is 0.645. The second kappa shape index (κ2) is 8.34. The van der Waals surface area contributed by atoms with Gasteiger partial charge in [0.05, 0.1) is 22.1 Å². The maximum atomic E-state index is 13.8. The number of nitrogens with zero attached hydrogens (tertiary/aromatic N) is 3. The topological polar surface area (TPSA) is 106 Å². The highest BCUT2D eigenvalue weighted by Gasteiger charge is 2.57. The van der Waals surface area contributed by atoms with Gasteiger partial charge in [0, 0.05) is 13.0 Å². The smallest absolute Gasteiger partial charge is 0.329 e. The number of likely N-dealkylation sites (tertiary alicyclic amines) is 1. The molecule has 2 aromatic rings. The van der Waals surface area contributed by atoms with Gasteiger partial charge in [-0.2, -0.15) is 4.98 Å². The lowest BCUT2D eigenvalue weighted by molar-refractivity contribution is -0.166. The Morgan fingerprint density at radius 3 is 2.47 bits per heavy atom. The predicted molar refractivity (Wildman–Crippen MR) is 121 cm³/mol. The number of aromatic nitrogens is 2. The van der Waals surface area contributed by atoms with E-state index in [0.29, 0.717) is 28.3 Å². The van der Waals surface area contributed by atoms with Gasteiger partial charge < -0.3 is 19.3 Å². The van der Waals surface area contributed by atoms with Crippen LogP contribution in [0.2, 0.25) is 5.02 Å². The van der Waals surface area contributed by atoms with Crippen LogP contribution in [0.5, 0.6) is 0 Å². The van der Waals surface area contributed by atoms with Gasteiger partial charge in [0.25, 0.3) is 5.89 Å². The van der Waals surface area contributed by atoms with Gasteiger partial charge in [-0.1, -0.05) is 28.9 Å². The molecule has 1 aliphatic heterocycles. The summed E-state index contributed by atoms with van der Waals surface area (Å²) in [6, 6.07) is 6.31. The first-order valence-electron chi connectivity index (χ1n) is 12.1. The van der Waals surface area contributed by atoms with E-state index in [1.54, 1.807) is 23.1 Å². The van der Waals surface area contributed by atoms with E-state index in [1.165, 1.54) is 19.3 Å². The number of benzene rings is 1. The van der Waals surface area contributed by atoms with Gasteiger partial charge in [-0.15, -0.1) is 0 Å². The average Bonchev–Trinajstić information content (AvgIpc) is 3.43. The zero-order chi connectivity index (χ0) is 23.4. The fourth-order valence-electron chi connectivity index (χ4n) is 7.23. The van der Waals surface area contributed by atoms with E-state index < -0.39 is 18.1 Å². The molecule has 2 atom stereocenters. The van der Waals surface area contributed by atoms with Crippen molar-refractivity contribution < 1.29 is 24.0 Å². The standard InChI is InChI=1S/C25H28ClN3O5/c26-19-4-2-1-3-18(19)22-27-21(28-34-22)13-33-23(31)20-8-17(30)12-29(20)24(32)25-9-14-5-15(10-25)7-16(6-14)11-25/h1-4,14-17,20,30H,5-13H2/t14?,15?,16?,17?,20-,25?/m0/s1. The van der Waals surface area contributed by atoms with Crippen LogP contribution in [-0.4, -0.2) is 50.7 Å². The van der Waals surface area contributed by atoms with E-state index in [0.717, 1.165) is 19.3 Å². The summed E-state index contributed by atoms with van der Waals surface area (Å²) in [5.74, 6) is 1.81. The highest BCUT2D eigenvalue weighted by Crippen LogP contribution is 2.60. The molecule has 1 aromatic carbocycles. The number of ether oxygens (including phenoxy) is 1. The number of rotatable bonds is 5. The minimum absolute atomic E-state index is 0.0330. The first-order chi connectivity index (χ1) is 16.4. The minimum atomic E-state index is -0.787. The van der Waals surface area contributed by atoms with Gasteiger partial charge in [-0.05, 0) is 68.4 Å². The number of carbonyl (C=O) groups is 2. The van der Waals surface area contributed by atoms with Gasteiger partial charge in [0.1, 0.15) is 6.04 Å². The van der Waals surface area contributed by atoms with Crippen molar-refractivity contribution in [2.45, 2.75) is 63.7 Å². The van der Waals surface area contributed by atoms with Crippen LogP contribution in [0.4, 0.5) is 0 Å². The summed E-state index contributed by atoms with van der Waals surface area (Å²) in [5, 5.41) is 14.7. The van der Waals surface area contributed by atoms with Crippen LogP contribution < -0.4 is 0 Å². The number of esters is 1. The molecule has 4 saturated carbocycles. The molecule has 1 saturated heterocycles. The molecule has 9 heteroatoms. The van der Waals surface area contributed by atoms with E-state index in [-0.39, 0.29) is 42.6 Å². The van der Waals surface area contributed by atoms with Crippen LogP contribution in [0.3, 0.4) is 0 Å². The van der Waals surface area contributed by atoms with Gasteiger partial charge in [-0.25, -0.2) is 4.79 Å². The number of β-amino-alcohol motifs (C(OH)–C–C–N with tert-alkyl or cyclic N) is 1. The SMILES string of the molecule is O=C(OCc1noc(-c2ccccc2Cl)n1)[C@@H]1CC(O)CN1C(=O)C12CC3CC(CC(C3)C1)C2. The second-order valence-corrected chi connectivity index (χ2v) is 11.1. The molecule has 1 amide bonds. The zero-order valence-electron chi connectivity index (χ0n) is 18.9. The van der Waals surface area contributed by atoms with Gasteiger partial charge in [0.15, 0.2) is 6.61 Å². The molecule has 1 unspecified atom stereocenters. The van der Waals surface area contributed by atoms with E-state index >= 15 is 0 Å². The van der Waals surface area contributed by atoms with Crippen molar-refractivity contribution in [2.24, 2.45) is 23.2 Å². The normalized spacial score (nSPS) is 33.9. The van der Waals surface area contributed by atoms with Crippen molar-refractivity contribution in [2.75, 3.05) is 6.54 Å². The lowest BCUT2D eigenvalue weighted by Gasteiger charge is -2.56. The summed E-state index contributed by atoms with van der Waals surface area (Å²) in [7, 11) is 0.